The molecule has 0 bridgehead atoms. The summed E-state index contributed by atoms with van der Waals surface area (Å²) in [6.45, 7) is 7.09. The zero-order valence-electron chi connectivity index (χ0n) is 17.7. The van der Waals surface area contributed by atoms with Crippen molar-refractivity contribution in [2.45, 2.75) is 52.4 Å². The van der Waals surface area contributed by atoms with Crippen LogP contribution in [0, 0.1) is 17.3 Å². The molecule has 8 nitrogen and oxygen atoms in total. The van der Waals surface area contributed by atoms with Crippen LogP contribution in [0.4, 0.5) is 0 Å². The highest BCUT2D eigenvalue weighted by molar-refractivity contribution is 6.26. The summed E-state index contributed by atoms with van der Waals surface area (Å²) in [5.74, 6) is -3.89. The summed E-state index contributed by atoms with van der Waals surface area (Å²) < 4.78 is 9.41. The molecule has 1 fully saturated rings. The highest BCUT2D eigenvalue weighted by Gasteiger charge is 2.53. The third-order valence-corrected chi connectivity index (χ3v) is 4.99. The van der Waals surface area contributed by atoms with Crippen LogP contribution in [-0.2, 0) is 33.5 Å². The van der Waals surface area contributed by atoms with E-state index in [4.69, 9.17) is 9.57 Å². The molecule has 1 saturated carbocycles. The van der Waals surface area contributed by atoms with Crippen LogP contribution in [0.3, 0.4) is 0 Å². The zero-order valence-corrected chi connectivity index (χ0v) is 17.7. The van der Waals surface area contributed by atoms with Crippen molar-refractivity contribution in [3.05, 3.63) is 12.7 Å². The molecule has 29 heavy (non-hydrogen) atoms. The van der Waals surface area contributed by atoms with Crippen molar-refractivity contribution in [2.24, 2.45) is 22.4 Å². The maximum Gasteiger partial charge on any atom is 0.316 e. The van der Waals surface area contributed by atoms with E-state index in [1.807, 2.05) is 0 Å². The largest absolute Gasteiger partial charge is 0.469 e. The van der Waals surface area contributed by atoms with Crippen LogP contribution in [0.5, 0.6) is 0 Å². The van der Waals surface area contributed by atoms with Crippen LogP contribution in [0.2, 0.25) is 0 Å². The minimum Gasteiger partial charge on any atom is -0.469 e. The number of nitrogens with zero attached hydrogens (tertiary/aromatic N) is 1. The molecule has 8 heteroatoms. The molecule has 0 aromatic rings. The Morgan fingerprint density at radius 3 is 2.38 bits per heavy atom. The number of ketones is 2. The maximum atomic E-state index is 13.1. The first-order valence-electron chi connectivity index (χ1n) is 9.70. The van der Waals surface area contributed by atoms with Crippen LogP contribution < -0.4 is 0 Å². The molecule has 0 radical (unpaired) electrons. The van der Waals surface area contributed by atoms with E-state index in [9.17, 15) is 19.2 Å². The predicted octanol–water partition coefficient (Wildman–Crippen LogP) is 2.64. The first kappa shape index (κ1) is 24.5. The van der Waals surface area contributed by atoms with Gasteiger partial charge in [-0.1, -0.05) is 38.1 Å². The van der Waals surface area contributed by atoms with Gasteiger partial charge in [-0.25, -0.2) is 0 Å². The molecule has 1 aliphatic rings. The van der Waals surface area contributed by atoms with Crippen molar-refractivity contribution in [3.8, 4) is 0 Å². The Labute approximate surface area is 171 Å². The van der Waals surface area contributed by atoms with Gasteiger partial charge in [0, 0.05) is 12.8 Å². The molecule has 162 valence electrons. The Morgan fingerprint density at radius 1 is 1.14 bits per heavy atom. The molecule has 1 aliphatic carbocycles. The Kier molecular flexibility index (Phi) is 9.71. The lowest BCUT2D eigenvalue weighted by Gasteiger charge is -2.38. The van der Waals surface area contributed by atoms with Crippen molar-refractivity contribution < 1.29 is 33.5 Å². The Morgan fingerprint density at radius 2 is 1.79 bits per heavy atom. The number of hydrogen-bond donors (Lipinski definition) is 0. The fraction of sp³-hybridized carbons (Fsp3) is 0.667. The number of oxime groups is 1. The van der Waals surface area contributed by atoms with Gasteiger partial charge >= 0.3 is 11.9 Å². The number of carbonyl (C=O) groups excluding carboxylic acids is 4. The molecule has 2 atom stereocenters. The number of ether oxygens (including phenoxy) is 2. The second kappa shape index (κ2) is 11.5. The monoisotopic (exact) mass is 409 g/mol. The van der Waals surface area contributed by atoms with Crippen molar-refractivity contribution in [2.75, 3.05) is 20.8 Å². The topological polar surface area (TPSA) is 108 Å². The summed E-state index contributed by atoms with van der Waals surface area (Å²) in [7, 11) is 2.56. The van der Waals surface area contributed by atoms with E-state index in [1.165, 1.54) is 20.3 Å². The lowest BCUT2D eigenvalue weighted by atomic mass is 9.63. The standard InChI is InChI=1S/C21H31NO7/c1-6-12-29-22-14(10-8-7-9-11-16(24)27-4)17-15(23)13-21(2,3)18(19(17)25)20(26)28-5/h6,17-18H,1,7-13H2,2-5H3/b22-14-/t17-,18+/m0/s1. The molecule has 0 aromatic carbocycles. The summed E-state index contributed by atoms with van der Waals surface area (Å²) in [5, 5.41) is 4.01. The molecule has 0 unspecified atom stereocenters. The van der Waals surface area contributed by atoms with Gasteiger partial charge < -0.3 is 14.3 Å². The molecule has 0 saturated heterocycles. The summed E-state index contributed by atoms with van der Waals surface area (Å²) >= 11 is 0. The first-order valence-corrected chi connectivity index (χ1v) is 9.70. The second-order valence-corrected chi connectivity index (χ2v) is 7.73. The minimum atomic E-state index is -1.13. The van der Waals surface area contributed by atoms with Gasteiger partial charge in [0.25, 0.3) is 0 Å². The minimum absolute atomic E-state index is 0.0615. The number of methoxy groups -OCH3 is 2. The van der Waals surface area contributed by atoms with Crippen molar-refractivity contribution in [3.63, 3.8) is 0 Å². The molecule has 0 amide bonds. The fourth-order valence-corrected chi connectivity index (χ4v) is 3.54. The molecular weight excluding hydrogens is 378 g/mol. The van der Waals surface area contributed by atoms with E-state index in [2.05, 4.69) is 16.5 Å². The summed E-state index contributed by atoms with van der Waals surface area (Å²) in [5.41, 5.74) is -0.532. The maximum absolute atomic E-state index is 13.1. The zero-order chi connectivity index (χ0) is 22.0. The van der Waals surface area contributed by atoms with Gasteiger partial charge in [0.2, 0.25) is 0 Å². The van der Waals surface area contributed by atoms with Crippen LogP contribution in [-0.4, -0.2) is 50.0 Å². The summed E-state index contributed by atoms with van der Waals surface area (Å²) in [4.78, 5) is 54.5. The quantitative estimate of drug-likeness (QED) is 0.129. The van der Waals surface area contributed by atoms with Gasteiger partial charge in [0.05, 0.1) is 19.9 Å². The van der Waals surface area contributed by atoms with Gasteiger partial charge in [-0.3, -0.25) is 19.2 Å². The van der Waals surface area contributed by atoms with E-state index in [0.29, 0.717) is 37.8 Å². The second-order valence-electron chi connectivity index (χ2n) is 7.73. The van der Waals surface area contributed by atoms with Gasteiger partial charge in [0.1, 0.15) is 24.2 Å². The molecule has 1 rings (SSSR count). The molecule has 0 aliphatic heterocycles. The van der Waals surface area contributed by atoms with E-state index in [-0.39, 0.29) is 24.8 Å². The van der Waals surface area contributed by atoms with E-state index < -0.39 is 29.0 Å². The molecule has 0 heterocycles. The van der Waals surface area contributed by atoms with E-state index >= 15 is 0 Å². The van der Waals surface area contributed by atoms with E-state index in [0.717, 1.165) is 0 Å². The number of unbranched alkanes of at least 4 members (excludes halogenated alkanes) is 2. The number of esters is 2. The Hall–Kier alpha value is -2.51. The number of carbonyl (C=O) groups is 4. The lowest BCUT2D eigenvalue weighted by molar-refractivity contribution is -0.159. The smallest absolute Gasteiger partial charge is 0.316 e. The van der Waals surface area contributed by atoms with Crippen LogP contribution in [0.15, 0.2) is 17.8 Å². The van der Waals surface area contributed by atoms with Crippen LogP contribution in [0.25, 0.3) is 0 Å². The van der Waals surface area contributed by atoms with Gasteiger partial charge in [-0.2, -0.15) is 0 Å². The average molecular weight is 409 g/mol. The van der Waals surface area contributed by atoms with Crippen molar-refractivity contribution >= 4 is 29.2 Å². The van der Waals surface area contributed by atoms with Gasteiger partial charge in [-0.15, -0.1) is 0 Å². The lowest BCUT2D eigenvalue weighted by Crippen LogP contribution is -2.52. The fourth-order valence-electron chi connectivity index (χ4n) is 3.54. The Bertz CT molecular complexity index is 666. The first-order chi connectivity index (χ1) is 13.7. The average Bonchev–Trinajstić information content (AvgIpc) is 2.65. The Balaban J connectivity index is 2.97. The molecule has 0 spiro atoms. The summed E-state index contributed by atoms with van der Waals surface area (Å²) in [6.07, 6.45) is 4.13. The highest BCUT2D eigenvalue weighted by Crippen LogP contribution is 2.40. The van der Waals surface area contributed by atoms with Crippen molar-refractivity contribution in [1.29, 1.82) is 0 Å². The van der Waals surface area contributed by atoms with Gasteiger partial charge in [-0.05, 0) is 24.7 Å². The van der Waals surface area contributed by atoms with Crippen LogP contribution >= 0.6 is 0 Å². The van der Waals surface area contributed by atoms with Crippen LogP contribution in [0.1, 0.15) is 52.4 Å². The third kappa shape index (κ3) is 6.80. The van der Waals surface area contributed by atoms with Crippen molar-refractivity contribution in [1.82, 2.24) is 0 Å². The normalized spacial score (nSPS) is 21.4. The molecule has 0 N–H and O–H groups in total. The number of Topliss-reactive ketones (excluding diaryl/α,β-unsaturated/α-hetero) is 2. The van der Waals surface area contributed by atoms with Gasteiger partial charge in [0.15, 0.2) is 5.78 Å². The predicted molar refractivity (Wildman–Crippen MR) is 106 cm³/mol. The van der Waals surface area contributed by atoms with E-state index in [1.54, 1.807) is 13.8 Å². The molecular formula is C21H31NO7. The third-order valence-electron chi connectivity index (χ3n) is 4.99. The summed E-state index contributed by atoms with van der Waals surface area (Å²) in [6, 6.07) is 0. The highest BCUT2D eigenvalue weighted by atomic mass is 16.6. The molecule has 0 aromatic heterocycles. The SMILES string of the molecule is C=CCO/N=C(/CCCCCC(=O)OC)[C@H]1C(=O)CC(C)(C)[C@@H](C(=O)OC)C1=O. The number of hydrogen-bond acceptors (Lipinski definition) is 8. The number of rotatable bonds is 11.